The Morgan fingerprint density at radius 2 is 2.38 bits per heavy atom. The lowest BCUT2D eigenvalue weighted by atomic mass is 10.2. The van der Waals surface area contributed by atoms with Gasteiger partial charge in [0.2, 0.25) is 0 Å². The van der Waals surface area contributed by atoms with Gasteiger partial charge >= 0.3 is 0 Å². The maximum absolute atomic E-state index is 11.9. The monoisotopic (exact) mass is 302 g/mol. The first-order chi connectivity index (χ1) is 10.1. The Kier molecular flexibility index (Phi) is 4.94. The first-order valence-electron chi connectivity index (χ1n) is 6.54. The number of nitrogens with one attached hydrogen (secondary N) is 2. The number of amides is 1. The second-order valence-corrected chi connectivity index (χ2v) is 5.57. The Balaban J connectivity index is 2.04. The fourth-order valence-electron chi connectivity index (χ4n) is 1.79. The largest absolute Gasteiger partial charge is 0.397 e. The van der Waals surface area contributed by atoms with Gasteiger partial charge in [-0.3, -0.25) is 9.78 Å². The van der Waals surface area contributed by atoms with Crippen LogP contribution in [0.4, 0.5) is 10.7 Å². The van der Waals surface area contributed by atoms with E-state index >= 15 is 0 Å². The van der Waals surface area contributed by atoms with Crippen molar-refractivity contribution in [1.29, 1.82) is 0 Å². The average molecular weight is 302 g/mol. The van der Waals surface area contributed by atoms with Gasteiger partial charge in [0.1, 0.15) is 4.88 Å². The van der Waals surface area contributed by atoms with E-state index in [0.29, 0.717) is 23.7 Å². The molecule has 0 saturated carbocycles. The van der Waals surface area contributed by atoms with Gasteiger partial charge < -0.3 is 16.4 Å². The smallest absolute Gasteiger partial charge is 0.263 e. The number of nitrogens with two attached hydrogens (primary N) is 1. The quantitative estimate of drug-likeness (QED) is 0.716. The Labute approximate surface area is 127 Å². The molecule has 0 aliphatic heterocycles. The highest BCUT2D eigenvalue weighted by Crippen LogP contribution is 2.29. The molecule has 2 aromatic heterocycles. The van der Waals surface area contributed by atoms with Crippen molar-refractivity contribution in [3.8, 4) is 0 Å². The molecular formula is C15H18N4OS. The summed E-state index contributed by atoms with van der Waals surface area (Å²) in [4.78, 5) is 16.7. The van der Waals surface area contributed by atoms with E-state index in [2.05, 4.69) is 22.2 Å². The number of pyridine rings is 1. The summed E-state index contributed by atoms with van der Waals surface area (Å²) in [5, 5.41) is 6.82. The summed E-state index contributed by atoms with van der Waals surface area (Å²) in [5.74, 6) is -0.181. The maximum Gasteiger partial charge on any atom is 0.263 e. The number of nitrogen functional groups attached to an aromatic ring is 1. The van der Waals surface area contributed by atoms with Crippen LogP contribution >= 0.6 is 11.3 Å². The molecule has 0 aromatic carbocycles. The van der Waals surface area contributed by atoms with Crippen LogP contribution < -0.4 is 16.4 Å². The number of aryl methyl sites for hydroxylation is 1. The molecule has 5 nitrogen and oxygen atoms in total. The van der Waals surface area contributed by atoms with Crippen molar-refractivity contribution >= 4 is 27.9 Å². The Hall–Kier alpha value is -2.34. The molecule has 6 heteroatoms. The molecule has 2 rings (SSSR count). The zero-order valence-electron chi connectivity index (χ0n) is 11.8. The van der Waals surface area contributed by atoms with Crippen LogP contribution in [0.5, 0.6) is 0 Å². The second kappa shape index (κ2) is 6.90. The van der Waals surface area contributed by atoms with E-state index < -0.39 is 0 Å². The molecule has 0 saturated heterocycles. The third kappa shape index (κ3) is 3.82. The molecule has 0 atom stereocenters. The number of carbonyl (C=O) groups is 1. The number of rotatable bonds is 6. The molecule has 0 spiro atoms. The maximum atomic E-state index is 11.9. The average Bonchev–Trinajstić information content (AvgIpc) is 2.85. The van der Waals surface area contributed by atoms with Crippen LogP contribution in [0, 0.1) is 6.92 Å². The predicted octanol–water partition coefficient (Wildman–Crippen LogP) is 2.56. The summed E-state index contributed by atoms with van der Waals surface area (Å²) >= 11 is 1.33. The SMILES string of the molecule is C=CCNC(=O)c1sc(NCc2ncccc2C)cc1N. The lowest BCUT2D eigenvalue weighted by Crippen LogP contribution is -2.22. The molecule has 2 heterocycles. The number of hydrogen-bond acceptors (Lipinski definition) is 5. The summed E-state index contributed by atoms with van der Waals surface area (Å²) in [7, 11) is 0. The van der Waals surface area contributed by atoms with Gasteiger partial charge in [-0.2, -0.15) is 0 Å². The molecule has 0 radical (unpaired) electrons. The summed E-state index contributed by atoms with van der Waals surface area (Å²) in [6, 6.07) is 5.69. The second-order valence-electron chi connectivity index (χ2n) is 4.51. The Morgan fingerprint density at radius 1 is 1.57 bits per heavy atom. The van der Waals surface area contributed by atoms with Crippen LogP contribution in [0.15, 0.2) is 37.1 Å². The van der Waals surface area contributed by atoms with Crippen molar-refractivity contribution < 1.29 is 4.79 Å². The first-order valence-corrected chi connectivity index (χ1v) is 7.36. The lowest BCUT2D eigenvalue weighted by molar-refractivity contribution is 0.0963. The number of nitrogens with zero attached hydrogens (tertiary/aromatic N) is 1. The minimum atomic E-state index is -0.181. The van der Waals surface area contributed by atoms with Crippen molar-refractivity contribution in [2.75, 3.05) is 17.6 Å². The van der Waals surface area contributed by atoms with Crippen molar-refractivity contribution in [1.82, 2.24) is 10.3 Å². The van der Waals surface area contributed by atoms with E-state index in [1.54, 1.807) is 18.3 Å². The Morgan fingerprint density at radius 3 is 3.10 bits per heavy atom. The van der Waals surface area contributed by atoms with Gasteiger partial charge in [0.05, 0.1) is 22.9 Å². The Bertz CT molecular complexity index is 651. The summed E-state index contributed by atoms with van der Waals surface area (Å²) < 4.78 is 0. The van der Waals surface area contributed by atoms with Crippen LogP contribution in [0.1, 0.15) is 20.9 Å². The first kappa shape index (κ1) is 15.1. The third-order valence-corrected chi connectivity index (χ3v) is 4.03. The number of aromatic nitrogens is 1. The van der Waals surface area contributed by atoms with Crippen LogP contribution in [0.3, 0.4) is 0 Å². The van der Waals surface area contributed by atoms with E-state index in [-0.39, 0.29) is 5.91 Å². The molecule has 110 valence electrons. The zero-order valence-corrected chi connectivity index (χ0v) is 12.7. The molecule has 0 fully saturated rings. The topological polar surface area (TPSA) is 80.0 Å². The predicted molar refractivity (Wildman–Crippen MR) is 87.6 cm³/mol. The van der Waals surface area contributed by atoms with Crippen LogP contribution in [-0.4, -0.2) is 17.4 Å². The van der Waals surface area contributed by atoms with Gasteiger partial charge in [-0.1, -0.05) is 12.1 Å². The number of anilines is 2. The third-order valence-electron chi connectivity index (χ3n) is 2.92. The van der Waals surface area contributed by atoms with Crippen LogP contribution in [-0.2, 0) is 6.54 Å². The van der Waals surface area contributed by atoms with Gasteiger partial charge in [0.15, 0.2) is 0 Å². The lowest BCUT2D eigenvalue weighted by Gasteiger charge is -2.05. The number of hydrogen-bond donors (Lipinski definition) is 3. The van der Waals surface area contributed by atoms with E-state index in [1.807, 2.05) is 19.1 Å². The number of thiophene rings is 1. The van der Waals surface area contributed by atoms with Crippen molar-refractivity contribution in [2.24, 2.45) is 0 Å². The molecule has 0 bridgehead atoms. The van der Waals surface area contributed by atoms with Crippen molar-refractivity contribution in [3.63, 3.8) is 0 Å². The minimum Gasteiger partial charge on any atom is -0.397 e. The molecule has 4 N–H and O–H groups in total. The highest BCUT2D eigenvalue weighted by molar-refractivity contribution is 7.18. The van der Waals surface area contributed by atoms with E-state index in [0.717, 1.165) is 16.3 Å². The minimum absolute atomic E-state index is 0.181. The molecule has 0 aliphatic carbocycles. The molecular weight excluding hydrogens is 284 g/mol. The molecule has 0 unspecified atom stereocenters. The van der Waals surface area contributed by atoms with E-state index in [9.17, 15) is 4.79 Å². The fourth-order valence-corrected chi connectivity index (χ4v) is 2.68. The van der Waals surface area contributed by atoms with Crippen molar-refractivity contribution in [3.05, 3.63) is 53.2 Å². The zero-order chi connectivity index (χ0) is 15.2. The summed E-state index contributed by atoms with van der Waals surface area (Å²) in [6.45, 7) is 6.60. The molecule has 1 amide bonds. The van der Waals surface area contributed by atoms with E-state index in [1.165, 1.54) is 11.3 Å². The standard InChI is InChI=1S/C15H18N4OS/c1-3-6-18-15(20)14-11(16)8-13(21-14)19-9-12-10(2)5-4-7-17-12/h3-5,7-8,19H,1,6,9,16H2,2H3,(H,18,20). The van der Waals surface area contributed by atoms with Crippen LogP contribution in [0.25, 0.3) is 0 Å². The van der Waals surface area contributed by atoms with Gasteiger partial charge in [-0.05, 0) is 24.6 Å². The highest BCUT2D eigenvalue weighted by atomic mass is 32.1. The molecule has 0 aliphatic rings. The summed E-state index contributed by atoms with van der Waals surface area (Å²) in [5.41, 5.74) is 8.45. The molecule has 2 aromatic rings. The van der Waals surface area contributed by atoms with Crippen LogP contribution in [0.2, 0.25) is 0 Å². The van der Waals surface area contributed by atoms with Gasteiger partial charge in [-0.25, -0.2) is 0 Å². The van der Waals surface area contributed by atoms with Gasteiger partial charge in [0, 0.05) is 12.7 Å². The highest BCUT2D eigenvalue weighted by Gasteiger charge is 2.13. The summed E-state index contributed by atoms with van der Waals surface area (Å²) in [6.07, 6.45) is 3.39. The van der Waals surface area contributed by atoms with Crippen molar-refractivity contribution in [2.45, 2.75) is 13.5 Å². The van der Waals surface area contributed by atoms with E-state index in [4.69, 9.17) is 5.73 Å². The number of carbonyl (C=O) groups excluding carboxylic acids is 1. The fraction of sp³-hybridized carbons (Fsp3) is 0.200. The molecule has 21 heavy (non-hydrogen) atoms. The van der Waals surface area contributed by atoms with Gasteiger partial charge in [0.25, 0.3) is 5.91 Å². The van der Waals surface area contributed by atoms with Gasteiger partial charge in [-0.15, -0.1) is 17.9 Å². The normalized spacial score (nSPS) is 10.1.